The van der Waals surface area contributed by atoms with Crippen LogP contribution in [0.25, 0.3) is 0 Å². The SMILES string of the molecule is CC.CC.CCl.NC(CCCCN1C(=O)C2=C(CCC=C2)C1=O)c1cccc(Br)c1. The molecule has 0 fully saturated rings. The van der Waals surface area contributed by atoms with Gasteiger partial charge in [0.1, 0.15) is 0 Å². The summed E-state index contributed by atoms with van der Waals surface area (Å²) in [6.07, 6.45) is 9.25. The second kappa shape index (κ2) is 16.3. The van der Waals surface area contributed by atoms with E-state index in [4.69, 9.17) is 5.73 Å². The lowest BCUT2D eigenvalue weighted by atomic mass is 10.00. The van der Waals surface area contributed by atoms with E-state index >= 15 is 0 Å². The molecule has 1 heterocycles. The van der Waals surface area contributed by atoms with E-state index in [0.29, 0.717) is 24.1 Å². The lowest BCUT2D eigenvalue weighted by Gasteiger charge is -2.16. The molecule has 1 aliphatic heterocycles. The monoisotopic (exact) mass is 498 g/mol. The third-order valence-electron chi connectivity index (χ3n) is 4.57. The summed E-state index contributed by atoms with van der Waals surface area (Å²) in [5.41, 5.74) is 8.60. The summed E-state index contributed by atoms with van der Waals surface area (Å²) < 4.78 is 1.02. The summed E-state index contributed by atoms with van der Waals surface area (Å²) in [6.45, 7) is 8.48. The van der Waals surface area contributed by atoms with Crippen molar-refractivity contribution in [1.82, 2.24) is 4.90 Å². The van der Waals surface area contributed by atoms with E-state index in [-0.39, 0.29) is 17.9 Å². The molecule has 6 heteroatoms. The molecule has 0 saturated carbocycles. The highest BCUT2D eigenvalue weighted by atomic mass is 79.9. The fraction of sp³-hybridized carbons (Fsp3) is 0.500. The minimum absolute atomic E-state index is 0.0262. The first-order chi connectivity index (χ1) is 14.6. The van der Waals surface area contributed by atoms with Gasteiger partial charge >= 0.3 is 0 Å². The Kier molecular flexibility index (Phi) is 15.5. The van der Waals surface area contributed by atoms with Crippen LogP contribution in [0.1, 0.15) is 71.4 Å². The van der Waals surface area contributed by atoms with Crippen LogP contribution in [0.15, 0.2) is 52.0 Å². The fourth-order valence-electron chi connectivity index (χ4n) is 3.23. The van der Waals surface area contributed by atoms with Gasteiger partial charge in [0.2, 0.25) is 0 Å². The molecule has 1 aromatic rings. The Hall–Kier alpha value is -1.43. The van der Waals surface area contributed by atoms with Crippen LogP contribution in [0.2, 0.25) is 0 Å². The molecule has 4 nitrogen and oxygen atoms in total. The summed E-state index contributed by atoms with van der Waals surface area (Å²) >= 11 is 8.09. The Labute approximate surface area is 195 Å². The Morgan fingerprint density at radius 1 is 1.10 bits per heavy atom. The molecule has 0 saturated heterocycles. The van der Waals surface area contributed by atoms with Gasteiger partial charge in [-0.2, -0.15) is 0 Å². The second-order valence-corrected chi connectivity index (χ2v) is 7.17. The first-order valence-corrected chi connectivity index (χ1v) is 12.3. The molecule has 1 aromatic carbocycles. The number of carbonyl (C=O) groups is 2. The number of rotatable bonds is 6. The molecule has 0 radical (unpaired) electrons. The van der Waals surface area contributed by atoms with Crippen LogP contribution in [0.3, 0.4) is 0 Å². The zero-order valence-corrected chi connectivity index (χ0v) is 21.2. The number of alkyl halides is 1. The van der Waals surface area contributed by atoms with Gasteiger partial charge in [-0.05, 0) is 49.8 Å². The van der Waals surface area contributed by atoms with Crippen LogP contribution in [-0.4, -0.2) is 29.6 Å². The lowest BCUT2D eigenvalue weighted by Crippen LogP contribution is -2.32. The summed E-state index contributed by atoms with van der Waals surface area (Å²) in [5.74, 6) is -0.238. The maximum Gasteiger partial charge on any atom is 0.261 e. The number of halogens is 2. The summed E-state index contributed by atoms with van der Waals surface area (Å²) in [7, 11) is 0. The van der Waals surface area contributed by atoms with Gasteiger partial charge in [0, 0.05) is 34.6 Å². The molecular formula is C24H36BrClN2O2. The van der Waals surface area contributed by atoms with Gasteiger partial charge in [-0.15, -0.1) is 11.6 Å². The van der Waals surface area contributed by atoms with Gasteiger partial charge in [0.15, 0.2) is 0 Å². The van der Waals surface area contributed by atoms with Crippen molar-refractivity contribution in [2.24, 2.45) is 5.73 Å². The van der Waals surface area contributed by atoms with Crippen molar-refractivity contribution in [2.75, 3.05) is 12.9 Å². The molecule has 1 aliphatic carbocycles. The van der Waals surface area contributed by atoms with Crippen LogP contribution in [0, 0.1) is 0 Å². The number of allylic oxidation sites excluding steroid dienone is 1. The molecule has 1 atom stereocenters. The number of nitrogens with two attached hydrogens (primary N) is 1. The lowest BCUT2D eigenvalue weighted by molar-refractivity contribution is -0.137. The molecule has 2 amide bonds. The number of amides is 2. The van der Waals surface area contributed by atoms with Crippen LogP contribution in [-0.2, 0) is 9.59 Å². The minimum atomic E-state index is -0.137. The van der Waals surface area contributed by atoms with Crippen molar-refractivity contribution in [2.45, 2.75) is 65.8 Å². The van der Waals surface area contributed by atoms with E-state index in [1.807, 2.05) is 58.0 Å². The van der Waals surface area contributed by atoms with Crippen LogP contribution in [0.5, 0.6) is 0 Å². The molecule has 2 N–H and O–H groups in total. The Morgan fingerprint density at radius 2 is 1.77 bits per heavy atom. The van der Waals surface area contributed by atoms with Crippen molar-refractivity contribution in [3.63, 3.8) is 0 Å². The number of hydrogen-bond acceptors (Lipinski definition) is 3. The van der Waals surface area contributed by atoms with Gasteiger partial charge in [-0.3, -0.25) is 14.5 Å². The summed E-state index contributed by atoms with van der Waals surface area (Å²) in [5, 5.41) is 0. The van der Waals surface area contributed by atoms with E-state index < -0.39 is 0 Å². The topological polar surface area (TPSA) is 63.4 Å². The van der Waals surface area contributed by atoms with Gasteiger partial charge in [-0.25, -0.2) is 0 Å². The predicted octanol–water partition coefficient (Wildman–Crippen LogP) is 6.54. The third kappa shape index (κ3) is 8.01. The summed E-state index contributed by atoms with van der Waals surface area (Å²) in [4.78, 5) is 26.0. The van der Waals surface area contributed by atoms with E-state index in [1.165, 1.54) is 11.3 Å². The highest BCUT2D eigenvalue weighted by molar-refractivity contribution is 9.10. The largest absolute Gasteiger partial charge is 0.324 e. The highest BCUT2D eigenvalue weighted by Gasteiger charge is 2.36. The number of nitrogens with zero attached hydrogens (tertiary/aromatic N) is 1. The van der Waals surface area contributed by atoms with Gasteiger partial charge < -0.3 is 5.73 Å². The quantitative estimate of drug-likeness (QED) is 0.274. The normalized spacial score (nSPS) is 15.3. The third-order valence-corrected chi connectivity index (χ3v) is 5.07. The van der Waals surface area contributed by atoms with E-state index in [2.05, 4.69) is 27.5 Å². The Morgan fingerprint density at radius 3 is 2.37 bits per heavy atom. The molecule has 2 aliphatic rings. The van der Waals surface area contributed by atoms with E-state index in [0.717, 1.165) is 35.7 Å². The van der Waals surface area contributed by atoms with Gasteiger partial charge in [0.25, 0.3) is 11.8 Å². The molecule has 0 spiro atoms. The molecule has 0 bridgehead atoms. The molecular weight excluding hydrogens is 464 g/mol. The van der Waals surface area contributed by atoms with Crippen molar-refractivity contribution in [3.05, 3.63) is 57.6 Å². The molecule has 3 rings (SSSR count). The number of imide groups is 1. The van der Waals surface area contributed by atoms with Crippen molar-refractivity contribution >= 4 is 39.3 Å². The smallest absolute Gasteiger partial charge is 0.261 e. The zero-order valence-electron chi connectivity index (χ0n) is 18.9. The molecule has 1 unspecified atom stereocenters. The Balaban J connectivity index is 0.00000129. The number of unbranched alkanes of at least 4 members (excludes halogenated alkanes) is 1. The fourth-order valence-corrected chi connectivity index (χ4v) is 3.65. The number of hydrogen-bond donors (Lipinski definition) is 1. The van der Waals surface area contributed by atoms with Gasteiger partial charge in [-0.1, -0.05) is 67.9 Å². The average molecular weight is 500 g/mol. The standard InChI is InChI=1S/C19H21BrN2O2.2C2H6.CH3Cl/c20-14-7-5-6-13(12-14)17(21)10-3-4-11-22-18(23)15-8-1-2-9-16(15)19(22)24;3*1-2/h1,5-8,12,17H,2-4,9-11,21H2;2*1-2H3;1H3. The molecule has 30 heavy (non-hydrogen) atoms. The highest BCUT2D eigenvalue weighted by Crippen LogP contribution is 2.29. The van der Waals surface area contributed by atoms with Crippen molar-refractivity contribution in [3.8, 4) is 0 Å². The van der Waals surface area contributed by atoms with Crippen molar-refractivity contribution < 1.29 is 9.59 Å². The minimum Gasteiger partial charge on any atom is -0.324 e. The van der Waals surface area contributed by atoms with Gasteiger partial charge in [0.05, 0.1) is 0 Å². The summed E-state index contributed by atoms with van der Waals surface area (Å²) in [6, 6.07) is 7.98. The van der Waals surface area contributed by atoms with E-state index in [9.17, 15) is 9.59 Å². The van der Waals surface area contributed by atoms with Crippen LogP contribution in [0.4, 0.5) is 0 Å². The molecule has 0 aromatic heterocycles. The zero-order chi connectivity index (χ0) is 23.1. The average Bonchev–Trinajstić information content (AvgIpc) is 3.05. The maximum atomic E-state index is 12.3. The Bertz CT molecular complexity index is 732. The van der Waals surface area contributed by atoms with Crippen LogP contribution < -0.4 is 5.73 Å². The van der Waals surface area contributed by atoms with Crippen molar-refractivity contribution in [1.29, 1.82) is 0 Å². The van der Waals surface area contributed by atoms with E-state index in [1.54, 1.807) is 6.08 Å². The second-order valence-electron chi connectivity index (χ2n) is 6.25. The van der Waals surface area contributed by atoms with Crippen LogP contribution >= 0.6 is 27.5 Å². The predicted molar refractivity (Wildman–Crippen MR) is 132 cm³/mol. The molecule has 168 valence electrons. The number of benzene rings is 1. The first kappa shape index (κ1) is 28.6. The first-order valence-electron chi connectivity index (χ1n) is 10.7. The number of carbonyl (C=O) groups excluding carboxylic acids is 2. The maximum absolute atomic E-state index is 12.3.